The highest BCUT2D eigenvalue weighted by molar-refractivity contribution is 5.94. The van der Waals surface area contributed by atoms with Crippen molar-refractivity contribution < 1.29 is 19.6 Å². The van der Waals surface area contributed by atoms with Crippen molar-refractivity contribution >= 4 is 11.9 Å². The van der Waals surface area contributed by atoms with Gasteiger partial charge in [0.25, 0.3) is 5.91 Å². The van der Waals surface area contributed by atoms with Crippen molar-refractivity contribution in [3.05, 3.63) is 35.4 Å². The van der Waals surface area contributed by atoms with Crippen LogP contribution < -0.4 is 10.0 Å². The quantitative estimate of drug-likeness (QED) is 0.785. The van der Waals surface area contributed by atoms with E-state index in [4.69, 9.17) is 0 Å². The molecule has 1 amide bonds. The molecular weight excluding hydrogens is 280 g/mol. The van der Waals surface area contributed by atoms with Crippen LogP contribution >= 0.6 is 0 Å². The molecule has 1 saturated heterocycles. The predicted molar refractivity (Wildman–Crippen MR) is 81.6 cm³/mol. The van der Waals surface area contributed by atoms with E-state index in [1.165, 1.54) is 5.56 Å². The molecule has 0 unspecified atom stereocenters. The average Bonchev–Trinajstić information content (AvgIpc) is 2.46. The molecule has 5 heteroatoms. The number of amides is 1. The summed E-state index contributed by atoms with van der Waals surface area (Å²) >= 11 is 0. The fourth-order valence-electron chi connectivity index (χ4n) is 2.70. The largest absolute Gasteiger partial charge is 0.544 e. The third kappa shape index (κ3) is 4.07. The van der Waals surface area contributed by atoms with Gasteiger partial charge in [0.2, 0.25) is 0 Å². The van der Waals surface area contributed by atoms with Crippen LogP contribution in [0.15, 0.2) is 24.3 Å². The molecule has 0 spiro atoms. The van der Waals surface area contributed by atoms with E-state index >= 15 is 0 Å². The Labute approximate surface area is 131 Å². The Morgan fingerprint density at radius 2 is 1.68 bits per heavy atom. The summed E-state index contributed by atoms with van der Waals surface area (Å²) in [5.41, 5.74) is 1.96. The number of piperazine rings is 1. The number of carbonyl (C=O) groups is 2. The van der Waals surface area contributed by atoms with E-state index in [2.05, 4.69) is 20.8 Å². The lowest BCUT2D eigenvalue weighted by atomic mass is 9.86. The SMILES string of the molecule is CC(C)(C)c1ccc(C(=O)N2CC[NH+](CC(=O)[O-])CC2)cc1. The summed E-state index contributed by atoms with van der Waals surface area (Å²) in [4.78, 5) is 25.8. The Morgan fingerprint density at radius 1 is 1.14 bits per heavy atom. The smallest absolute Gasteiger partial charge is 0.254 e. The van der Waals surface area contributed by atoms with E-state index in [1.54, 1.807) is 4.90 Å². The minimum atomic E-state index is -1.03. The lowest BCUT2D eigenvalue weighted by molar-refractivity contribution is -0.898. The Balaban J connectivity index is 1.97. The Kier molecular flexibility index (Phi) is 4.86. The van der Waals surface area contributed by atoms with E-state index in [-0.39, 0.29) is 17.9 Å². The highest BCUT2D eigenvalue weighted by atomic mass is 16.4. The number of carbonyl (C=O) groups excluding carboxylic acids is 2. The van der Waals surface area contributed by atoms with Gasteiger partial charge in [-0.05, 0) is 23.1 Å². The van der Waals surface area contributed by atoms with Crippen LogP contribution in [0.5, 0.6) is 0 Å². The normalized spacial score (nSPS) is 16.6. The van der Waals surface area contributed by atoms with Crippen molar-refractivity contribution in [2.45, 2.75) is 26.2 Å². The predicted octanol–water partition coefficient (Wildman–Crippen LogP) is -0.925. The molecule has 1 aromatic rings. The van der Waals surface area contributed by atoms with Crippen molar-refractivity contribution in [1.82, 2.24) is 4.90 Å². The summed E-state index contributed by atoms with van der Waals surface area (Å²) in [5.74, 6) is -1.01. The first-order chi connectivity index (χ1) is 10.3. The second-order valence-corrected chi connectivity index (χ2v) is 6.92. The van der Waals surface area contributed by atoms with Gasteiger partial charge in [0, 0.05) is 5.56 Å². The number of quaternary nitrogens is 1. The molecule has 0 atom stereocenters. The Bertz CT molecular complexity index is 538. The lowest BCUT2D eigenvalue weighted by Gasteiger charge is -2.32. The van der Waals surface area contributed by atoms with Gasteiger partial charge in [0.15, 0.2) is 0 Å². The van der Waals surface area contributed by atoms with E-state index in [0.29, 0.717) is 31.7 Å². The van der Waals surface area contributed by atoms with Gasteiger partial charge in [0.1, 0.15) is 6.54 Å². The summed E-state index contributed by atoms with van der Waals surface area (Å²) in [6.45, 7) is 8.92. The van der Waals surface area contributed by atoms with Crippen LogP contribution in [0.1, 0.15) is 36.7 Å². The molecule has 1 fully saturated rings. The standard InChI is InChI=1S/C17H24N2O3/c1-17(2,3)14-6-4-13(5-7-14)16(22)19-10-8-18(9-11-19)12-15(20)21/h4-7H,8-12H2,1-3H3,(H,20,21). The second kappa shape index (κ2) is 6.48. The van der Waals surface area contributed by atoms with Crippen molar-refractivity contribution in [3.8, 4) is 0 Å². The average molecular weight is 304 g/mol. The van der Waals surface area contributed by atoms with Crippen LogP contribution in [-0.2, 0) is 10.2 Å². The van der Waals surface area contributed by atoms with Crippen molar-refractivity contribution in [1.29, 1.82) is 0 Å². The minimum Gasteiger partial charge on any atom is -0.544 e. The monoisotopic (exact) mass is 304 g/mol. The molecule has 1 aliphatic heterocycles. The Morgan fingerprint density at radius 3 is 2.14 bits per heavy atom. The van der Waals surface area contributed by atoms with Crippen LogP contribution in [-0.4, -0.2) is 49.5 Å². The third-order valence-corrected chi connectivity index (χ3v) is 4.15. The maximum absolute atomic E-state index is 12.5. The highest BCUT2D eigenvalue weighted by Crippen LogP contribution is 2.22. The first-order valence-electron chi connectivity index (χ1n) is 7.70. The molecule has 1 N–H and O–H groups in total. The van der Waals surface area contributed by atoms with Gasteiger partial charge in [-0.25, -0.2) is 0 Å². The maximum atomic E-state index is 12.5. The fourth-order valence-corrected chi connectivity index (χ4v) is 2.70. The van der Waals surface area contributed by atoms with E-state index in [1.807, 2.05) is 24.3 Å². The van der Waals surface area contributed by atoms with Crippen LogP contribution in [0, 0.1) is 0 Å². The molecule has 22 heavy (non-hydrogen) atoms. The molecule has 0 bridgehead atoms. The van der Waals surface area contributed by atoms with Crippen molar-refractivity contribution in [3.63, 3.8) is 0 Å². The number of hydrogen-bond acceptors (Lipinski definition) is 3. The third-order valence-electron chi connectivity index (χ3n) is 4.15. The van der Waals surface area contributed by atoms with Gasteiger partial charge in [-0.3, -0.25) is 4.79 Å². The zero-order chi connectivity index (χ0) is 16.3. The van der Waals surface area contributed by atoms with Gasteiger partial charge >= 0.3 is 0 Å². The number of nitrogens with zero attached hydrogens (tertiary/aromatic N) is 1. The number of carboxylic acid groups (broad SMARTS) is 1. The molecule has 120 valence electrons. The zero-order valence-electron chi connectivity index (χ0n) is 13.5. The summed E-state index contributed by atoms with van der Waals surface area (Å²) in [7, 11) is 0. The molecule has 1 aromatic carbocycles. The molecule has 1 heterocycles. The first kappa shape index (κ1) is 16.5. The summed E-state index contributed by atoms with van der Waals surface area (Å²) in [6, 6.07) is 7.77. The molecular formula is C17H24N2O3. The number of carboxylic acids is 1. The fraction of sp³-hybridized carbons (Fsp3) is 0.529. The maximum Gasteiger partial charge on any atom is 0.254 e. The first-order valence-corrected chi connectivity index (χ1v) is 7.70. The minimum absolute atomic E-state index is 0.0162. The van der Waals surface area contributed by atoms with E-state index in [9.17, 15) is 14.7 Å². The van der Waals surface area contributed by atoms with Gasteiger partial charge in [-0.1, -0.05) is 32.9 Å². The van der Waals surface area contributed by atoms with Crippen LogP contribution in [0.4, 0.5) is 0 Å². The highest BCUT2D eigenvalue weighted by Gasteiger charge is 2.24. The second-order valence-electron chi connectivity index (χ2n) is 6.92. The number of hydrogen-bond donors (Lipinski definition) is 1. The molecule has 0 aliphatic carbocycles. The number of nitrogens with one attached hydrogen (secondary N) is 1. The summed E-state index contributed by atoms with van der Waals surface area (Å²) in [6.07, 6.45) is 0. The van der Waals surface area contributed by atoms with Gasteiger partial charge < -0.3 is 19.7 Å². The number of benzene rings is 1. The zero-order valence-corrected chi connectivity index (χ0v) is 13.5. The molecule has 0 saturated carbocycles. The molecule has 0 radical (unpaired) electrons. The van der Waals surface area contributed by atoms with Crippen LogP contribution in [0.25, 0.3) is 0 Å². The molecule has 2 rings (SSSR count). The van der Waals surface area contributed by atoms with Crippen LogP contribution in [0.2, 0.25) is 0 Å². The van der Waals surface area contributed by atoms with Crippen LogP contribution in [0.3, 0.4) is 0 Å². The van der Waals surface area contributed by atoms with Crippen molar-refractivity contribution in [2.75, 3.05) is 32.7 Å². The summed E-state index contributed by atoms with van der Waals surface area (Å²) < 4.78 is 0. The van der Waals surface area contributed by atoms with Gasteiger partial charge in [-0.2, -0.15) is 0 Å². The van der Waals surface area contributed by atoms with Crippen molar-refractivity contribution in [2.24, 2.45) is 0 Å². The molecule has 5 nitrogen and oxygen atoms in total. The van der Waals surface area contributed by atoms with Gasteiger partial charge in [0.05, 0.1) is 32.1 Å². The van der Waals surface area contributed by atoms with E-state index in [0.717, 1.165) is 4.90 Å². The molecule has 0 aromatic heterocycles. The molecule has 1 aliphatic rings. The van der Waals surface area contributed by atoms with Gasteiger partial charge in [-0.15, -0.1) is 0 Å². The van der Waals surface area contributed by atoms with E-state index < -0.39 is 5.97 Å². The Hall–Kier alpha value is -1.88. The number of aliphatic carboxylic acids is 1. The topological polar surface area (TPSA) is 64.9 Å². The number of rotatable bonds is 3. The lowest BCUT2D eigenvalue weighted by Crippen LogP contribution is -3.16. The summed E-state index contributed by atoms with van der Waals surface area (Å²) in [5, 5.41) is 10.6.